The van der Waals surface area contributed by atoms with Crippen LogP contribution in [-0.4, -0.2) is 30.6 Å². The van der Waals surface area contributed by atoms with E-state index in [1.165, 1.54) is 4.90 Å². The fourth-order valence-corrected chi connectivity index (χ4v) is 0.698. The van der Waals surface area contributed by atoms with Crippen molar-refractivity contribution in [1.29, 1.82) is 0 Å². The van der Waals surface area contributed by atoms with E-state index in [4.69, 9.17) is 5.73 Å². The number of nitrogens with one attached hydrogen (secondary N) is 1. The third kappa shape index (κ3) is 4.54. The van der Waals surface area contributed by atoms with Crippen molar-refractivity contribution in [3.63, 3.8) is 0 Å². The van der Waals surface area contributed by atoms with Gasteiger partial charge < -0.3 is 10.6 Å². The third-order valence-corrected chi connectivity index (χ3v) is 1.42. The first-order chi connectivity index (χ1) is 5.57. The number of urea groups is 2. The molecule has 0 unspecified atom stereocenters. The van der Waals surface area contributed by atoms with Crippen molar-refractivity contribution in [1.82, 2.24) is 10.2 Å². The third-order valence-electron chi connectivity index (χ3n) is 1.42. The highest BCUT2D eigenvalue weighted by atomic mass is 16.2. The molecule has 0 radical (unpaired) electrons. The summed E-state index contributed by atoms with van der Waals surface area (Å²) in [5.74, 6) is 0. The summed E-state index contributed by atoms with van der Waals surface area (Å²) in [5, 5.41) is 1.98. The van der Waals surface area contributed by atoms with E-state index in [0.29, 0.717) is 6.54 Å². The van der Waals surface area contributed by atoms with Gasteiger partial charge in [-0.15, -0.1) is 0 Å². The maximum Gasteiger partial charge on any atom is 0.325 e. The molecular formula is C7H15N3O2. The Hall–Kier alpha value is -1.26. The summed E-state index contributed by atoms with van der Waals surface area (Å²) in [6, 6.07) is -1.26. The van der Waals surface area contributed by atoms with E-state index in [1.807, 2.05) is 12.2 Å². The average Bonchev–Trinajstić information content (AvgIpc) is 1.98. The predicted molar refractivity (Wildman–Crippen MR) is 45.7 cm³/mol. The lowest BCUT2D eigenvalue weighted by atomic mass is 10.3. The maximum atomic E-state index is 11.0. The summed E-state index contributed by atoms with van der Waals surface area (Å²) in [6.45, 7) is 2.66. The minimum atomic E-state index is -0.816. The van der Waals surface area contributed by atoms with Crippen LogP contribution < -0.4 is 11.1 Å². The molecule has 4 amide bonds. The summed E-state index contributed by atoms with van der Waals surface area (Å²) in [5.41, 5.74) is 4.76. The molecule has 0 aromatic rings. The zero-order valence-corrected chi connectivity index (χ0v) is 7.46. The second-order valence-corrected chi connectivity index (χ2v) is 2.57. The molecule has 0 atom stereocenters. The number of imide groups is 1. The molecule has 0 aliphatic carbocycles. The molecule has 3 N–H and O–H groups in total. The van der Waals surface area contributed by atoms with Crippen LogP contribution in [0.4, 0.5) is 9.59 Å². The number of unbranched alkanes of at least 4 members (excludes halogenated alkanes) is 1. The molecule has 0 aliphatic heterocycles. The van der Waals surface area contributed by atoms with Crippen molar-refractivity contribution in [3.05, 3.63) is 0 Å². The Balaban J connectivity index is 3.69. The number of nitrogens with zero attached hydrogens (tertiary/aromatic N) is 1. The van der Waals surface area contributed by atoms with Crippen molar-refractivity contribution >= 4 is 12.1 Å². The lowest BCUT2D eigenvalue weighted by molar-refractivity contribution is 0.205. The summed E-state index contributed by atoms with van der Waals surface area (Å²) in [4.78, 5) is 22.6. The first-order valence-electron chi connectivity index (χ1n) is 3.89. The summed E-state index contributed by atoms with van der Waals surface area (Å²) in [6.07, 6.45) is 1.93. The topological polar surface area (TPSA) is 75.4 Å². The van der Waals surface area contributed by atoms with E-state index in [-0.39, 0.29) is 0 Å². The molecule has 5 heteroatoms. The van der Waals surface area contributed by atoms with Gasteiger partial charge >= 0.3 is 12.1 Å². The molecule has 0 fully saturated rings. The predicted octanol–water partition coefficient (Wildman–Crippen LogP) is 0.507. The van der Waals surface area contributed by atoms with Gasteiger partial charge in [0, 0.05) is 13.6 Å². The van der Waals surface area contributed by atoms with Gasteiger partial charge in [0.15, 0.2) is 0 Å². The van der Waals surface area contributed by atoms with E-state index in [2.05, 4.69) is 0 Å². The minimum Gasteiger partial charge on any atom is -0.351 e. The second-order valence-electron chi connectivity index (χ2n) is 2.57. The molecular weight excluding hydrogens is 158 g/mol. The van der Waals surface area contributed by atoms with Crippen LogP contribution >= 0.6 is 0 Å². The van der Waals surface area contributed by atoms with Gasteiger partial charge in [-0.05, 0) is 6.42 Å². The van der Waals surface area contributed by atoms with Crippen molar-refractivity contribution < 1.29 is 9.59 Å². The maximum absolute atomic E-state index is 11.0. The molecule has 0 spiro atoms. The number of primary amides is 1. The summed E-state index contributed by atoms with van der Waals surface area (Å²) < 4.78 is 0. The van der Waals surface area contributed by atoms with E-state index >= 15 is 0 Å². The van der Waals surface area contributed by atoms with Gasteiger partial charge in [-0.2, -0.15) is 0 Å². The highest BCUT2D eigenvalue weighted by molar-refractivity contribution is 5.92. The SMILES string of the molecule is CCCCN(C)C(=O)NC(N)=O. The monoisotopic (exact) mass is 173 g/mol. The summed E-state index contributed by atoms with van der Waals surface area (Å²) in [7, 11) is 1.62. The lowest BCUT2D eigenvalue weighted by Crippen LogP contribution is -2.43. The van der Waals surface area contributed by atoms with Crippen LogP contribution in [0.15, 0.2) is 0 Å². The van der Waals surface area contributed by atoms with Gasteiger partial charge in [0.1, 0.15) is 0 Å². The van der Waals surface area contributed by atoms with Gasteiger partial charge in [-0.1, -0.05) is 13.3 Å². The molecule has 12 heavy (non-hydrogen) atoms. The van der Waals surface area contributed by atoms with Crippen LogP contribution in [0.2, 0.25) is 0 Å². The quantitative estimate of drug-likeness (QED) is 0.652. The Labute approximate surface area is 71.9 Å². The lowest BCUT2D eigenvalue weighted by Gasteiger charge is -2.15. The van der Waals surface area contributed by atoms with Crippen LogP contribution in [-0.2, 0) is 0 Å². The Morgan fingerprint density at radius 3 is 2.50 bits per heavy atom. The van der Waals surface area contributed by atoms with Gasteiger partial charge in [-0.3, -0.25) is 5.32 Å². The molecule has 0 saturated heterocycles. The minimum absolute atomic E-state index is 0.448. The number of amides is 4. The molecule has 0 rings (SSSR count). The molecule has 0 saturated carbocycles. The smallest absolute Gasteiger partial charge is 0.325 e. The van der Waals surface area contributed by atoms with Crippen molar-refractivity contribution in [2.45, 2.75) is 19.8 Å². The van der Waals surface area contributed by atoms with Gasteiger partial charge in [0.2, 0.25) is 0 Å². The van der Waals surface area contributed by atoms with Crippen LogP contribution in [0.3, 0.4) is 0 Å². The zero-order valence-electron chi connectivity index (χ0n) is 7.46. The van der Waals surface area contributed by atoms with E-state index in [0.717, 1.165) is 12.8 Å². The summed E-state index contributed by atoms with van der Waals surface area (Å²) >= 11 is 0. The molecule has 5 nitrogen and oxygen atoms in total. The van der Waals surface area contributed by atoms with E-state index < -0.39 is 12.1 Å². The van der Waals surface area contributed by atoms with Crippen molar-refractivity contribution in [2.24, 2.45) is 5.73 Å². The Morgan fingerprint density at radius 2 is 2.08 bits per heavy atom. The molecule has 0 aromatic carbocycles. The van der Waals surface area contributed by atoms with E-state index in [9.17, 15) is 9.59 Å². The Kier molecular flexibility index (Phi) is 4.83. The van der Waals surface area contributed by atoms with Crippen LogP contribution in [0.5, 0.6) is 0 Å². The first-order valence-corrected chi connectivity index (χ1v) is 3.89. The van der Waals surface area contributed by atoms with Crippen LogP contribution in [0.25, 0.3) is 0 Å². The Bertz CT molecular complexity index is 170. The van der Waals surface area contributed by atoms with Gasteiger partial charge in [-0.25, -0.2) is 9.59 Å². The number of carbonyl (C=O) groups excluding carboxylic acids is 2. The zero-order chi connectivity index (χ0) is 9.56. The standard InChI is InChI=1S/C7H15N3O2/c1-3-4-5-10(2)7(12)9-6(8)11/h3-5H2,1-2H3,(H3,8,9,11,12). The molecule has 0 aliphatic rings. The molecule has 0 heterocycles. The molecule has 0 bridgehead atoms. The number of nitrogens with two attached hydrogens (primary N) is 1. The fraction of sp³-hybridized carbons (Fsp3) is 0.714. The highest BCUT2D eigenvalue weighted by Gasteiger charge is 2.08. The van der Waals surface area contributed by atoms with Gasteiger partial charge in [0.05, 0.1) is 0 Å². The molecule has 0 aromatic heterocycles. The van der Waals surface area contributed by atoms with Crippen LogP contribution in [0.1, 0.15) is 19.8 Å². The van der Waals surface area contributed by atoms with Crippen molar-refractivity contribution in [3.8, 4) is 0 Å². The molecule has 70 valence electrons. The normalized spacial score (nSPS) is 9.17. The number of hydrogen-bond acceptors (Lipinski definition) is 2. The Morgan fingerprint density at radius 1 is 1.50 bits per heavy atom. The van der Waals surface area contributed by atoms with Crippen molar-refractivity contribution in [2.75, 3.05) is 13.6 Å². The number of carbonyl (C=O) groups is 2. The number of rotatable bonds is 3. The van der Waals surface area contributed by atoms with Crippen LogP contribution in [0, 0.1) is 0 Å². The van der Waals surface area contributed by atoms with Gasteiger partial charge in [0.25, 0.3) is 0 Å². The second kappa shape index (κ2) is 5.40. The first kappa shape index (κ1) is 10.7. The fourth-order valence-electron chi connectivity index (χ4n) is 0.698. The van der Waals surface area contributed by atoms with E-state index in [1.54, 1.807) is 7.05 Å². The number of hydrogen-bond donors (Lipinski definition) is 2. The largest absolute Gasteiger partial charge is 0.351 e. The highest BCUT2D eigenvalue weighted by Crippen LogP contribution is 1.91. The average molecular weight is 173 g/mol.